The zero-order chi connectivity index (χ0) is 44.8. The molecule has 15 rings (SSSR count). The molecule has 6 aromatic heterocycles. The van der Waals surface area contributed by atoms with Crippen molar-refractivity contribution in [1.29, 1.82) is 0 Å². The predicted octanol–water partition coefficient (Wildman–Crippen LogP) is 17.0. The van der Waals surface area contributed by atoms with Crippen molar-refractivity contribution in [2.24, 2.45) is 0 Å². The third-order valence-electron chi connectivity index (χ3n) is 15.4. The number of nitrogens with zero attached hydrogens (tertiary/aromatic N) is 4. The van der Waals surface area contributed by atoms with Crippen LogP contribution in [0.15, 0.2) is 170 Å². The standard InChI is InChI=1S/C63H46N4/c1-62(2,3)38-30-47-44-26-24-35-16-10-13-21-42(35)57(44)66-53-34-64-61-56(55(53)49(32-38)58(47)66)50-33-39(63(4,5)6)31-48-46-28-36-17-11-12-20-41(36)54(60(46)67(61)59(48)50)37-25-27-52-45(29-37)43-22-14-15-23-51(43)65(52)40-18-8-7-9-19-40/h7-34H,1-6H3. The Labute approximate surface area is 386 Å². The molecular formula is C63H46N4. The van der Waals surface area contributed by atoms with Gasteiger partial charge in [0.2, 0.25) is 0 Å². The second-order valence-electron chi connectivity index (χ2n) is 21.2. The Hall–Kier alpha value is -7.95. The van der Waals surface area contributed by atoms with Crippen molar-refractivity contribution in [2.75, 3.05) is 0 Å². The first-order valence-corrected chi connectivity index (χ1v) is 23.7. The first kappa shape index (κ1) is 37.3. The van der Waals surface area contributed by atoms with E-state index in [1.54, 1.807) is 0 Å². The molecule has 0 spiro atoms. The molecule has 0 N–H and O–H groups in total. The number of fused-ring (bicyclic) bond motifs is 19. The fourth-order valence-electron chi connectivity index (χ4n) is 12.2. The van der Waals surface area contributed by atoms with Gasteiger partial charge in [0.25, 0.3) is 0 Å². The molecule has 0 radical (unpaired) electrons. The Morgan fingerprint density at radius 1 is 0.373 bits per heavy atom. The van der Waals surface area contributed by atoms with Crippen molar-refractivity contribution in [3.05, 3.63) is 181 Å². The number of benzene rings is 9. The SMILES string of the molecule is CC(C)(C)c1cc2c3cc4ccccc4c(-c4ccc5c(c4)c4ccccc4n5-c4ccccc4)c3n3c4ncc5c(c6cc(C(C)(C)C)cc7c8ccc9ccccc9c8n5c76)c4c(c1)c23. The van der Waals surface area contributed by atoms with Gasteiger partial charge in [0.15, 0.2) is 0 Å². The quantitative estimate of drug-likeness (QED) is 0.170. The highest BCUT2D eigenvalue weighted by atomic mass is 15.0. The topological polar surface area (TPSA) is 26.6 Å². The number of pyridine rings is 1. The van der Waals surface area contributed by atoms with Gasteiger partial charge in [-0.3, -0.25) is 4.40 Å². The number of hydrogen-bond acceptors (Lipinski definition) is 1. The summed E-state index contributed by atoms with van der Waals surface area (Å²) in [6.45, 7) is 14.1. The monoisotopic (exact) mass is 858 g/mol. The Balaban J connectivity index is 1.15. The molecule has 4 nitrogen and oxygen atoms in total. The number of para-hydroxylation sites is 2. The van der Waals surface area contributed by atoms with Crippen LogP contribution in [0.5, 0.6) is 0 Å². The van der Waals surface area contributed by atoms with Crippen LogP contribution in [0.4, 0.5) is 0 Å². The molecule has 0 aliphatic carbocycles. The minimum atomic E-state index is -0.0925. The summed E-state index contributed by atoms with van der Waals surface area (Å²) in [5, 5.41) is 17.7. The van der Waals surface area contributed by atoms with E-state index in [4.69, 9.17) is 4.98 Å². The second-order valence-corrected chi connectivity index (χ2v) is 21.2. The lowest BCUT2D eigenvalue weighted by atomic mass is 9.84. The van der Waals surface area contributed by atoms with Crippen LogP contribution in [-0.4, -0.2) is 18.4 Å². The molecule has 6 heterocycles. The lowest BCUT2D eigenvalue weighted by Crippen LogP contribution is -2.10. The van der Waals surface area contributed by atoms with Crippen molar-refractivity contribution in [3.8, 4) is 16.8 Å². The fraction of sp³-hybridized carbons (Fsp3) is 0.127. The summed E-state index contributed by atoms with van der Waals surface area (Å²) >= 11 is 0. The minimum absolute atomic E-state index is 0.0553. The summed E-state index contributed by atoms with van der Waals surface area (Å²) in [5.74, 6) is 0. The van der Waals surface area contributed by atoms with E-state index in [0.717, 1.165) is 16.9 Å². The maximum absolute atomic E-state index is 5.67. The van der Waals surface area contributed by atoms with Crippen LogP contribution in [-0.2, 0) is 10.8 Å². The van der Waals surface area contributed by atoms with Crippen LogP contribution in [0, 0.1) is 0 Å². The first-order valence-electron chi connectivity index (χ1n) is 23.7. The third-order valence-corrected chi connectivity index (χ3v) is 15.4. The Morgan fingerprint density at radius 3 is 1.72 bits per heavy atom. The van der Waals surface area contributed by atoms with Gasteiger partial charge in [-0.25, -0.2) is 4.98 Å². The van der Waals surface area contributed by atoms with E-state index in [1.165, 1.54) is 131 Å². The van der Waals surface area contributed by atoms with E-state index in [-0.39, 0.29) is 10.8 Å². The van der Waals surface area contributed by atoms with Gasteiger partial charge < -0.3 is 8.97 Å². The molecule has 0 bridgehead atoms. The first-order chi connectivity index (χ1) is 32.5. The Bertz CT molecular complexity index is 4620. The maximum Gasteiger partial charge on any atom is 0.146 e. The van der Waals surface area contributed by atoms with Gasteiger partial charge in [-0.05, 0) is 104 Å². The average Bonchev–Trinajstić information content (AvgIpc) is 4.12. The van der Waals surface area contributed by atoms with Crippen molar-refractivity contribution in [3.63, 3.8) is 0 Å². The molecular weight excluding hydrogens is 813 g/mol. The van der Waals surface area contributed by atoms with E-state index in [1.807, 2.05) is 0 Å². The molecule has 0 saturated carbocycles. The van der Waals surface area contributed by atoms with Gasteiger partial charge in [0.05, 0.1) is 44.8 Å². The summed E-state index contributed by atoms with van der Waals surface area (Å²) in [6, 6.07) is 61.7. The van der Waals surface area contributed by atoms with Crippen molar-refractivity contribution in [2.45, 2.75) is 52.4 Å². The normalized spacial score (nSPS) is 13.2. The number of aromatic nitrogens is 4. The minimum Gasteiger partial charge on any atom is -0.309 e. The van der Waals surface area contributed by atoms with E-state index in [0.29, 0.717) is 0 Å². The van der Waals surface area contributed by atoms with Gasteiger partial charge in [0, 0.05) is 70.5 Å². The summed E-state index contributed by atoms with van der Waals surface area (Å²) in [4.78, 5) is 5.67. The van der Waals surface area contributed by atoms with Gasteiger partial charge in [-0.1, -0.05) is 145 Å². The number of rotatable bonds is 2. The van der Waals surface area contributed by atoms with Crippen LogP contribution in [0.25, 0.3) is 136 Å². The second kappa shape index (κ2) is 12.5. The molecule has 67 heavy (non-hydrogen) atoms. The Kier molecular flexibility index (Phi) is 6.94. The fourth-order valence-corrected chi connectivity index (χ4v) is 12.2. The van der Waals surface area contributed by atoms with Crippen molar-refractivity contribution < 1.29 is 0 Å². The van der Waals surface area contributed by atoms with Gasteiger partial charge in [-0.15, -0.1) is 0 Å². The molecule has 0 fully saturated rings. The van der Waals surface area contributed by atoms with Crippen LogP contribution >= 0.6 is 0 Å². The van der Waals surface area contributed by atoms with E-state index >= 15 is 0 Å². The van der Waals surface area contributed by atoms with E-state index in [2.05, 4.69) is 225 Å². The molecule has 0 atom stereocenters. The molecule has 0 aliphatic heterocycles. The van der Waals surface area contributed by atoms with E-state index < -0.39 is 0 Å². The van der Waals surface area contributed by atoms with Gasteiger partial charge in [0.1, 0.15) is 5.65 Å². The zero-order valence-electron chi connectivity index (χ0n) is 38.5. The molecule has 318 valence electrons. The summed E-state index contributed by atoms with van der Waals surface area (Å²) in [7, 11) is 0. The molecule has 0 unspecified atom stereocenters. The number of hydrogen-bond donors (Lipinski definition) is 0. The highest BCUT2D eigenvalue weighted by molar-refractivity contribution is 6.37. The van der Waals surface area contributed by atoms with Crippen LogP contribution < -0.4 is 0 Å². The largest absolute Gasteiger partial charge is 0.309 e. The predicted molar refractivity (Wildman–Crippen MR) is 286 cm³/mol. The summed E-state index contributed by atoms with van der Waals surface area (Å²) < 4.78 is 7.51. The van der Waals surface area contributed by atoms with Gasteiger partial charge >= 0.3 is 0 Å². The molecule has 0 saturated heterocycles. The highest BCUT2D eigenvalue weighted by Crippen LogP contribution is 2.51. The van der Waals surface area contributed by atoms with E-state index in [9.17, 15) is 0 Å². The zero-order valence-corrected chi connectivity index (χ0v) is 38.5. The highest BCUT2D eigenvalue weighted by Gasteiger charge is 2.30. The molecule has 0 amide bonds. The third kappa shape index (κ3) is 4.74. The van der Waals surface area contributed by atoms with Crippen LogP contribution in [0.2, 0.25) is 0 Å². The summed E-state index contributed by atoms with van der Waals surface area (Å²) in [6.07, 6.45) is 2.19. The Morgan fingerprint density at radius 2 is 0.955 bits per heavy atom. The van der Waals surface area contributed by atoms with Gasteiger partial charge in [-0.2, -0.15) is 0 Å². The maximum atomic E-state index is 5.67. The van der Waals surface area contributed by atoms with Crippen LogP contribution in [0.3, 0.4) is 0 Å². The lowest BCUT2D eigenvalue weighted by molar-refractivity contribution is 0.591. The lowest BCUT2D eigenvalue weighted by Gasteiger charge is -2.20. The molecule has 4 heteroatoms. The summed E-state index contributed by atoms with van der Waals surface area (Å²) in [5.41, 5.74) is 15.7. The molecule has 9 aromatic carbocycles. The smallest absolute Gasteiger partial charge is 0.146 e. The average molecular weight is 859 g/mol. The molecule has 15 aromatic rings. The van der Waals surface area contributed by atoms with Crippen LogP contribution in [0.1, 0.15) is 52.7 Å². The molecule has 0 aliphatic rings. The van der Waals surface area contributed by atoms with Crippen molar-refractivity contribution in [1.82, 2.24) is 18.4 Å². The van der Waals surface area contributed by atoms with Crippen molar-refractivity contribution >= 4 is 120 Å².